The van der Waals surface area contributed by atoms with Gasteiger partial charge in [-0.1, -0.05) is 0 Å². The summed E-state index contributed by atoms with van der Waals surface area (Å²) in [5.74, 6) is -0.357. The Kier molecular flexibility index (Phi) is 5.21. The molecular formula is C16H15F3N4O3. The first-order valence-corrected chi connectivity index (χ1v) is 7.72. The van der Waals surface area contributed by atoms with E-state index in [-0.39, 0.29) is 17.6 Å². The zero-order valence-corrected chi connectivity index (χ0v) is 13.4. The van der Waals surface area contributed by atoms with Crippen LogP contribution in [0.3, 0.4) is 0 Å². The monoisotopic (exact) mass is 368 g/mol. The van der Waals surface area contributed by atoms with Crippen LogP contribution in [0, 0.1) is 5.92 Å². The van der Waals surface area contributed by atoms with Crippen molar-refractivity contribution in [1.82, 2.24) is 15.4 Å². The van der Waals surface area contributed by atoms with Gasteiger partial charge in [-0.2, -0.15) is 0 Å². The molecule has 0 aliphatic carbocycles. The summed E-state index contributed by atoms with van der Waals surface area (Å²) in [6.07, 6.45) is -1.22. The van der Waals surface area contributed by atoms with Gasteiger partial charge in [0.1, 0.15) is 5.75 Å². The Hall–Kier alpha value is -2.88. The third-order valence-corrected chi connectivity index (χ3v) is 3.65. The number of hydrazine groups is 1. The number of nitrogens with one attached hydrogen (secondary N) is 2. The van der Waals surface area contributed by atoms with Gasteiger partial charge >= 0.3 is 6.36 Å². The molecule has 10 heteroatoms. The van der Waals surface area contributed by atoms with Gasteiger partial charge < -0.3 is 9.47 Å². The number of nitrogens with zero attached hydrogens (tertiary/aromatic N) is 2. The van der Waals surface area contributed by atoms with Crippen LogP contribution in [0.15, 0.2) is 36.7 Å². The molecule has 1 fully saturated rings. The highest BCUT2D eigenvalue weighted by molar-refractivity contribution is 5.80. The number of amides is 1. The first-order chi connectivity index (χ1) is 12.4. The minimum absolute atomic E-state index is 0.186. The normalized spacial score (nSPS) is 17.0. The molecule has 7 nitrogen and oxygen atoms in total. The summed E-state index contributed by atoms with van der Waals surface area (Å²) in [5.41, 5.74) is 6.23. The number of anilines is 1. The Morgan fingerprint density at radius 1 is 1.19 bits per heavy atom. The minimum Gasteiger partial charge on any atom is -0.406 e. The number of halogens is 3. The predicted molar refractivity (Wildman–Crippen MR) is 84.8 cm³/mol. The molecule has 1 aliphatic heterocycles. The molecule has 1 amide bonds. The van der Waals surface area contributed by atoms with Crippen molar-refractivity contribution in [2.24, 2.45) is 5.92 Å². The molecule has 1 aromatic carbocycles. The highest BCUT2D eigenvalue weighted by Crippen LogP contribution is 2.25. The number of alkyl halides is 3. The molecule has 0 spiro atoms. The first-order valence-electron chi connectivity index (χ1n) is 7.72. The Morgan fingerprint density at radius 3 is 2.54 bits per heavy atom. The van der Waals surface area contributed by atoms with Crippen molar-refractivity contribution in [3.63, 3.8) is 0 Å². The summed E-state index contributed by atoms with van der Waals surface area (Å²) in [5, 5.41) is 0. The maximum absolute atomic E-state index is 12.1. The Morgan fingerprint density at radius 2 is 1.96 bits per heavy atom. The van der Waals surface area contributed by atoms with E-state index in [1.165, 1.54) is 36.7 Å². The van der Waals surface area contributed by atoms with Crippen molar-refractivity contribution in [1.29, 1.82) is 0 Å². The standard InChI is InChI=1S/C16H15F3N4O3/c17-16(18,19)26-12-3-1-10(2-4-12)13-7-21-14(8-20-13)22-23-15(24)11-5-6-25-9-11/h1-4,7-8,11H,5-6,9H2,(H,21,22)(H,23,24). The van der Waals surface area contributed by atoms with Crippen LogP contribution in [-0.2, 0) is 9.53 Å². The van der Waals surface area contributed by atoms with Crippen LogP contribution in [0.2, 0.25) is 0 Å². The van der Waals surface area contributed by atoms with E-state index in [9.17, 15) is 18.0 Å². The molecule has 0 radical (unpaired) electrons. The molecule has 0 bridgehead atoms. The number of hydrogen-bond acceptors (Lipinski definition) is 6. The van der Waals surface area contributed by atoms with Crippen molar-refractivity contribution in [3.8, 4) is 17.0 Å². The lowest BCUT2D eigenvalue weighted by Crippen LogP contribution is -2.35. The van der Waals surface area contributed by atoms with Crippen LogP contribution in [0.1, 0.15) is 6.42 Å². The van der Waals surface area contributed by atoms with Crippen LogP contribution in [0.25, 0.3) is 11.3 Å². The van der Waals surface area contributed by atoms with E-state index in [0.29, 0.717) is 36.7 Å². The second kappa shape index (κ2) is 7.56. The minimum atomic E-state index is -4.73. The molecule has 0 saturated carbocycles. The summed E-state index contributed by atoms with van der Waals surface area (Å²) >= 11 is 0. The molecule has 1 aliphatic rings. The van der Waals surface area contributed by atoms with Gasteiger partial charge in [-0.3, -0.25) is 20.6 Å². The lowest BCUT2D eigenvalue weighted by Gasteiger charge is -2.11. The van der Waals surface area contributed by atoms with Crippen LogP contribution < -0.4 is 15.6 Å². The number of ether oxygens (including phenoxy) is 2. The molecule has 2 N–H and O–H groups in total. The van der Waals surface area contributed by atoms with Crippen molar-refractivity contribution in [3.05, 3.63) is 36.7 Å². The molecule has 1 atom stereocenters. The van der Waals surface area contributed by atoms with E-state index in [0.717, 1.165) is 0 Å². The van der Waals surface area contributed by atoms with E-state index >= 15 is 0 Å². The summed E-state index contributed by atoms with van der Waals surface area (Å²) in [7, 11) is 0. The fraction of sp³-hybridized carbons (Fsp3) is 0.312. The zero-order valence-electron chi connectivity index (χ0n) is 13.4. The molecule has 1 saturated heterocycles. The zero-order chi connectivity index (χ0) is 18.6. The van der Waals surface area contributed by atoms with E-state index in [1.807, 2.05) is 0 Å². The average Bonchev–Trinajstić information content (AvgIpc) is 3.14. The van der Waals surface area contributed by atoms with Crippen molar-refractivity contribution < 1.29 is 27.4 Å². The van der Waals surface area contributed by atoms with E-state index in [4.69, 9.17) is 4.74 Å². The quantitative estimate of drug-likeness (QED) is 0.789. The van der Waals surface area contributed by atoms with Crippen molar-refractivity contribution in [2.75, 3.05) is 18.6 Å². The van der Waals surface area contributed by atoms with Gasteiger partial charge in [-0.25, -0.2) is 4.98 Å². The molecule has 26 heavy (non-hydrogen) atoms. The van der Waals surface area contributed by atoms with Gasteiger partial charge in [-0.15, -0.1) is 13.2 Å². The maximum atomic E-state index is 12.1. The largest absolute Gasteiger partial charge is 0.573 e. The predicted octanol–water partition coefficient (Wildman–Crippen LogP) is 2.52. The molecule has 2 heterocycles. The number of benzene rings is 1. The molecular weight excluding hydrogens is 353 g/mol. The Bertz CT molecular complexity index is 745. The van der Waals surface area contributed by atoms with Gasteiger partial charge in [0.05, 0.1) is 30.6 Å². The van der Waals surface area contributed by atoms with Gasteiger partial charge in [-0.05, 0) is 30.7 Å². The lowest BCUT2D eigenvalue weighted by molar-refractivity contribution is -0.274. The second-order valence-electron chi connectivity index (χ2n) is 5.53. The highest BCUT2D eigenvalue weighted by atomic mass is 19.4. The van der Waals surface area contributed by atoms with Crippen LogP contribution >= 0.6 is 0 Å². The Labute approximate surface area is 146 Å². The molecule has 1 aromatic heterocycles. The lowest BCUT2D eigenvalue weighted by atomic mass is 10.1. The smallest absolute Gasteiger partial charge is 0.406 e. The van der Waals surface area contributed by atoms with Crippen LogP contribution in [0.4, 0.5) is 19.0 Å². The SMILES string of the molecule is O=C(NNc1cnc(-c2ccc(OC(F)(F)F)cc2)cn1)C1CCOC1. The number of hydrogen-bond donors (Lipinski definition) is 2. The number of rotatable bonds is 5. The maximum Gasteiger partial charge on any atom is 0.573 e. The van der Waals surface area contributed by atoms with Gasteiger partial charge in [0.15, 0.2) is 5.82 Å². The number of carbonyl (C=O) groups excluding carboxylic acids is 1. The third kappa shape index (κ3) is 4.82. The molecule has 2 aromatic rings. The topological polar surface area (TPSA) is 85.4 Å². The third-order valence-electron chi connectivity index (χ3n) is 3.65. The highest BCUT2D eigenvalue weighted by Gasteiger charge is 2.31. The van der Waals surface area contributed by atoms with Gasteiger partial charge in [0.2, 0.25) is 5.91 Å². The van der Waals surface area contributed by atoms with Gasteiger partial charge in [0.25, 0.3) is 0 Å². The fourth-order valence-corrected chi connectivity index (χ4v) is 2.34. The molecule has 3 rings (SSSR count). The van der Waals surface area contributed by atoms with Gasteiger partial charge in [0, 0.05) is 12.2 Å². The summed E-state index contributed by atoms with van der Waals surface area (Å²) < 4.78 is 45.4. The number of aromatic nitrogens is 2. The summed E-state index contributed by atoms with van der Waals surface area (Å²) in [6.45, 7) is 0.964. The molecule has 1 unspecified atom stereocenters. The van der Waals surface area contributed by atoms with Crippen molar-refractivity contribution in [2.45, 2.75) is 12.8 Å². The van der Waals surface area contributed by atoms with E-state index < -0.39 is 6.36 Å². The van der Waals surface area contributed by atoms with Crippen LogP contribution in [-0.4, -0.2) is 35.5 Å². The first kappa shape index (κ1) is 17.9. The second-order valence-corrected chi connectivity index (χ2v) is 5.53. The summed E-state index contributed by atoms with van der Waals surface area (Å²) in [4.78, 5) is 20.1. The van der Waals surface area contributed by atoms with Crippen LogP contribution in [0.5, 0.6) is 5.75 Å². The fourth-order valence-electron chi connectivity index (χ4n) is 2.34. The number of carbonyl (C=O) groups is 1. The molecule has 138 valence electrons. The van der Waals surface area contributed by atoms with E-state index in [1.54, 1.807) is 0 Å². The Balaban J connectivity index is 1.57. The average molecular weight is 368 g/mol. The van der Waals surface area contributed by atoms with E-state index in [2.05, 4.69) is 25.6 Å². The summed E-state index contributed by atoms with van der Waals surface area (Å²) in [6, 6.07) is 5.28. The van der Waals surface area contributed by atoms with Crippen molar-refractivity contribution >= 4 is 11.7 Å².